The zero-order valence-electron chi connectivity index (χ0n) is 19.5. The van der Waals surface area contributed by atoms with Crippen LogP contribution in [0.25, 0.3) is 0 Å². The van der Waals surface area contributed by atoms with Crippen molar-refractivity contribution in [3.05, 3.63) is 12.7 Å². The summed E-state index contributed by atoms with van der Waals surface area (Å²) in [5.41, 5.74) is -1.04. The number of hydrogen-bond donors (Lipinski definition) is 1. The van der Waals surface area contributed by atoms with Crippen LogP contribution in [-0.4, -0.2) is 45.2 Å². The molecule has 7 heteroatoms. The fourth-order valence-electron chi connectivity index (χ4n) is 4.03. The molecule has 0 aromatic rings. The van der Waals surface area contributed by atoms with Gasteiger partial charge in [-0.1, -0.05) is 47.6 Å². The molecule has 1 N–H and O–H groups in total. The fraction of sp³-hybridized carbons (Fsp3) is 0.810. The Labute approximate surface area is 172 Å². The lowest BCUT2D eigenvalue weighted by atomic mass is 9.96. The molecular weight excluding hydrogens is 374 g/mol. The van der Waals surface area contributed by atoms with E-state index >= 15 is 0 Å². The second kappa shape index (κ2) is 10.4. The van der Waals surface area contributed by atoms with Gasteiger partial charge in [0.05, 0.1) is 13.7 Å². The highest BCUT2D eigenvalue weighted by Gasteiger charge is 2.49. The minimum Gasteiger partial charge on any atom is -0.467 e. The Kier molecular flexibility index (Phi) is 9.94. The number of ether oxygens (including phenoxy) is 2. The Hall–Kier alpha value is -1.34. The highest BCUT2D eigenvalue weighted by Crippen LogP contribution is 2.42. The molecule has 0 bridgehead atoms. The summed E-state index contributed by atoms with van der Waals surface area (Å²) in [4.78, 5) is 25.2. The van der Waals surface area contributed by atoms with Crippen molar-refractivity contribution in [3.63, 3.8) is 0 Å². The van der Waals surface area contributed by atoms with Crippen LogP contribution in [0.1, 0.15) is 68.7 Å². The molecule has 0 saturated heterocycles. The second-order valence-electron chi connectivity index (χ2n) is 9.30. The van der Waals surface area contributed by atoms with Crippen LogP contribution in [0.15, 0.2) is 12.7 Å². The first-order valence-corrected chi connectivity index (χ1v) is 12.2. The predicted molar refractivity (Wildman–Crippen MR) is 116 cm³/mol. The summed E-state index contributed by atoms with van der Waals surface area (Å²) in [5, 5.41) is 2.72. The fourth-order valence-corrected chi connectivity index (χ4v) is 9.52. The van der Waals surface area contributed by atoms with Crippen molar-refractivity contribution in [3.8, 4) is 0 Å². The number of carbonyl (C=O) groups excluding carboxylic acids is 2. The Balaban J connectivity index is 5.96. The van der Waals surface area contributed by atoms with Gasteiger partial charge in [0.15, 0.2) is 13.9 Å². The lowest BCUT2D eigenvalue weighted by molar-refractivity contribution is -0.150. The van der Waals surface area contributed by atoms with E-state index in [0.29, 0.717) is 16.6 Å². The zero-order valence-corrected chi connectivity index (χ0v) is 20.5. The minimum atomic E-state index is -2.26. The van der Waals surface area contributed by atoms with Crippen molar-refractivity contribution in [1.82, 2.24) is 5.32 Å². The number of methoxy groups -OCH3 is 1. The van der Waals surface area contributed by atoms with Crippen molar-refractivity contribution >= 4 is 20.4 Å². The van der Waals surface area contributed by atoms with E-state index in [-0.39, 0.29) is 13.0 Å². The summed E-state index contributed by atoms with van der Waals surface area (Å²) in [7, 11) is -0.957. The maximum Gasteiger partial charge on any atom is 0.408 e. The van der Waals surface area contributed by atoms with Crippen LogP contribution >= 0.6 is 0 Å². The predicted octanol–water partition coefficient (Wildman–Crippen LogP) is 5.19. The summed E-state index contributed by atoms with van der Waals surface area (Å²) < 4.78 is 17.0. The van der Waals surface area contributed by atoms with Gasteiger partial charge in [-0.05, 0) is 37.4 Å². The molecule has 0 aliphatic heterocycles. The molecular formula is C21H41NO5Si. The highest BCUT2D eigenvalue weighted by molar-refractivity contribution is 6.77. The number of amides is 1. The number of alkyl carbamates (subject to hydrolysis) is 1. The van der Waals surface area contributed by atoms with Gasteiger partial charge in [-0.25, -0.2) is 9.59 Å². The topological polar surface area (TPSA) is 73.9 Å². The largest absolute Gasteiger partial charge is 0.467 e. The number of rotatable bonds is 10. The molecule has 0 unspecified atom stereocenters. The summed E-state index contributed by atoms with van der Waals surface area (Å²) >= 11 is 0. The average molecular weight is 416 g/mol. The first-order chi connectivity index (χ1) is 12.7. The van der Waals surface area contributed by atoms with Crippen molar-refractivity contribution < 1.29 is 23.5 Å². The van der Waals surface area contributed by atoms with Gasteiger partial charge >= 0.3 is 12.1 Å². The number of hydrogen-bond acceptors (Lipinski definition) is 5. The molecule has 0 spiro atoms. The normalized spacial score (nSPS) is 14.8. The van der Waals surface area contributed by atoms with Gasteiger partial charge in [0.25, 0.3) is 0 Å². The molecule has 0 aliphatic rings. The van der Waals surface area contributed by atoms with Crippen LogP contribution in [0, 0.1) is 0 Å². The molecule has 0 aliphatic carbocycles. The number of esters is 1. The van der Waals surface area contributed by atoms with E-state index in [4.69, 9.17) is 13.9 Å². The molecule has 1 atom stereocenters. The van der Waals surface area contributed by atoms with E-state index in [9.17, 15) is 9.59 Å². The van der Waals surface area contributed by atoms with Gasteiger partial charge in [0.1, 0.15) is 5.60 Å². The zero-order chi connectivity index (χ0) is 22.3. The van der Waals surface area contributed by atoms with E-state index in [2.05, 4.69) is 53.4 Å². The van der Waals surface area contributed by atoms with E-state index in [1.54, 1.807) is 26.8 Å². The quantitative estimate of drug-likeness (QED) is 0.302. The van der Waals surface area contributed by atoms with Crippen molar-refractivity contribution in [2.75, 3.05) is 13.7 Å². The monoisotopic (exact) mass is 415 g/mol. The molecule has 6 nitrogen and oxygen atoms in total. The molecule has 0 fully saturated rings. The smallest absolute Gasteiger partial charge is 0.408 e. The summed E-state index contributed by atoms with van der Waals surface area (Å²) in [6.45, 7) is 22.1. The maximum absolute atomic E-state index is 12.7. The van der Waals surface area contributed by atoms with Crippen molar-refractivity contribution in [2.45, 2.75) is 96.5 Å². The molecule has 0 heterocycles. The summed E-state index contributed by atoms with van der Waals surface area (Å²) in [5.74, 6) is -0.572. The molecule has 0 radical (unpaired) electrons. The van der Waals surface area contributed by atoms with Crippen LogP contribution in [-0.2, 0) is 18.7 Å². The minimum absolute atomic E-state index is 0.0195. The van der Waals surface area contributed by atoms with Crippen LogP contribution < -0.4 is 5.32 Å². The van der Waals surface area contributed by atoms with Crippen LogP contribution in [0.5, 0.6) is 0 Å². The van der Waals surface area contributed by atoms with Gasteiger partial charge in [-0.15, -0.1) is 6.58 Å². The van der Waals surface area contributed by atoms with Crippen molar-refractivity contribution in [1.29, 1.82) is 0 Å². The molecule has 28 heavy (non-hydrogen) atoms. The van der Waals surface area contributed by atoms with Gasteiger partial charge in [0.2, 0.25) is 0 Å². The third-order valence-electron chi connectivity index (χ3n) is 5.08. The molecule has 0 aromatic heterocycles. The summed E-state index contributed by atoms with van der Waals surface area (Å²) in [6, 6.07) is 0. The van der Waals surface area contributed by atoms with E-state index in [1.807, 2.05) is 0 Å². The second-order valence-corrected chi connectivity index (χ2v) is 14.8. The lowest BCUT2D eigenvalue weighted by Crippen LogP contribution is -2.61. The third-order valence-corrected chi connectivity index (χ3v) is 11.1. The van der Waals surface area contributed by atoms with Gasteiger partial charge in [0, 0.05) is 6.42 Å². The first-order valence-electron chi connectivity index (χ1n) is 10.0. The molecule has 0 aromatic carbocycles. The Bertz CT molecular complexity index is 518. The maximum atomic E-state index is 12.7. The lowest BCUT2D eigenvalue weighted by Gasteiger charge is -2.44. The van der Waals surface area contributed by atoms with E-state index in [0.717, 1.165) is 0 Å². The van der Waals surface area contributed by atoms with Crippen molar-refractivity contribution in [2.24, 2.45) is 0 Å². The van der Waals surface area contributed by atoms with Crippen LogP contribution in [0.4, 0.5) is 4.79 Å². The van der Waals surface area contributed by atoms with Gasteiger partial charge in [-0.3, -0.25) is 0 Å². The first kappa shape index (κ1) is 26.7. The Morgan fingerprint density at radius 3 is 1.82 bits per heavy atom. The van der Waals surface area contributed by atoms with E-state index in [1.165, 1.54) is 7.11 Å². The Morgan fingerprint density at radius 2 is 1.50 bits per heavy atom. The average Bonchev–Trinajstić information content (AvgIpc) is 2.51. The standard InChI is InChI=1S/C21H41NO5Si/c1-12-13-21(18(23)25-11,22-19(24)27-20(8,9)10)14-26-28(15(2)3,16(4)5)17(6)7/h12,15-17H,1,13-14H2,2-11H3,(H,22,24)/t21-/m0/s1. The Morgan fingerprint density at radius 1 is 1.04 bits per heavy atom. The third kappa shape index (κ3) is 6.62. The number of nitrogens with one attached hydrogen (secondary N) is 1. The SMILES string of the molecule is C=CC[C@@](CO[Si](C(C)C)(C(C)C)C(C)C)(NC(=O)OC(C)(C)C)C(=O)OC. The number of carbonyl (C=O) groups is 2. The molecule has 0 rings (SSSR count). The van der Waals surface area contributed by atoms with E-state index < -0.39 is 31.5 Å². The molecule has 0 saturated carbocycles. The molecule has 1 amide bonds. The summed E-state index contributed by atoms with van der Waals surface area (Å²) in [6.07, 6.45) is 1.08. The van der Waals surface area contributed by atoms with Gasteiger partial charge in [-0.2, -0.15) is 0 Å². The molecule has 164 valence electrons. The highest BCUT2D eigenvalue weighted by atomic mass is 28.4. The van der Waals surface area contributed by atoms with Gasteiger partial charge < -0.3 is 19.2 Å². The van der Waals surface area contributed by atoms with Crippen LogP contribution in [0.2, 0.25) is 16.6 Å². The van der Waals surface area contributed by atoms with Crippen LogP contribution in [0.3, 0.4) is 0 Å².